The van der Waals surface area contributed by atoms with Crippen LogP contribution in [0.5, 0.6) is 5.88 Å². The van der Waals surface area contributed by atoms with Gasteiger partial charge in [0, 0.05) is 19.2 Å². The number of aromatic nitrogens is 2. The fourth-order valence-corrected chi connectivity index (χ4v) is 2.29. The molecule has 1 aliphatic heterocycles. The fourth-order valence-electron chi connectivity index (χ4n) is 2.29. The molecule has 1 aliphatic rings. The second-order valence-electron chi connectivity index (χ2n) is 5.47. The Balaban J connectivity index is 2.00. The lowest BCUT2D eigenvalue weighted by atomic mass is 10.2. The van der Waals surface area contributed by atoms with E-state index in [1.165, 1.54) is 0 Å². The van der Waals surface area contributed by atoms with Crippen LogP contribution >= 0.6 is 0 Å². The number of rotatable bonds is 8. The number of ether oxygens (including phenoxy) is 2. The lowest BCUT2D eigenvalue weighted by Gasteiger charge is -2.14. The monoisotopic (exact) mass is 294 g/mol. The van der Waals surface area contributed by atoms with E-state index in [4.69, 9.17) is 9.47 Å². The van der Waals surface area contributed by atoms with Crippen LogP contribution in [0.1, 0.15) is 38.1 Å². The molecule has 0 radical (unpaired) electrons. The molecule has 1 N–H and O–H groups in total. The van der Waals surface area contributed by atoms with Crippen LogP contribution in [0.25, 0.3) is 0 Å². The number of hydrogen-bond donors (Lipinski definition) is 1. The Morgan fingerprint density at radius 1 is 1.43 bits per heavy atom. The molecule has 2 heterocycles. The van der Waals surface area contributed by atoms with E-state index < -0.39 is 0 Å². The van der Waals surface area contributed by atoms with E-state index in [0.717, 1.165) is 50.6 Å². The molecule has 21 heavy (non-hydrogen) atoms. The Bertz CT molecular complexity index is 434. The quantitative estimate of drug-likeness (QED) is 0.741. The zero-order valence-corrected chi connectivity index (χ0v) is 13.3. The first kappa shape index (κ1) is 16.0. The summed E-state index contributed by atoms with van der Waals surface area (Å²) in [5.41, 5.74) is 0. The van der Waals surface area contributed by atoms with E-state index in [0.29, 0.717) is 12.5 Å². The van der Waals surface area contributed by atoms with Crippen LogP contribution in [-0.2, 0) is 4.74 Å². The summed E-state index contributed by atoms with van der Waals surface area (Å²) in [4.78, 5) is 11.2. The molecule has 1 atom stereocenters. The summed E-state index contributed by atoms with van der Waals surface area (Å²) in [5, 5.41) is 3.35. The van der Waals surface area contributed by atoms with E-state index in [1.54, 1.807) is 0 Å². The minimum Gasteiger partial charge on any atom is -0.478 e. The second-order valence-corrected chi connectivity index (χ2v) is 5.47. The van der Waals surface area contributed by atoms with Crippen LogP contribution in [-0.4, -0.2) is 55.3 Å². The molecular formula is C15H26N4O2. The maximum Gasteiger partial charge on any atom is 0.218 e. The molecule has 2 rings (SSSR count). The standard InChI is InChI=1S/C15H26N4O2/c1-4-20-14-11-13(16-8-6-9-19(2)3)17-15(18-14)12-7-5-10-21-12/h11-12H,4-10H2,1-3H3,(H,16,17,18). The summed E-state index contributed by atoms with van der Waals surface area (Å²) in [6.07, 6.45) is 3.12. The third kappa shape index (κ3) is 5.13. The molecule has 118 valence electrons. The smallest absolute Gasteiger partial charge is 0.218 e. The Morgan fingerprint density at radius 2 is 2.29 bits per heavy atom. The van der Waals surface area contributed by atoms with Gasteiger partial charge in [-0.15, -0.1) is 0 Å². The molecule has 0 bridgehead atoms. The lowest BCUT2D eigenvalue weighted by Crippen LogP contribution is -2.17. The van der Waals surface area contributed by atoms with Crippen LogP contribution in [0.4, 0.5) is 5.82 Å². The average Bonchev–Trinajstić information content (AvgIpc) is 2.98. The van der Waals surface area contributed by atoms with Gasteiger partial charge in [0.2, 0.25) is 5.88 Å². The van der Waals surface area contributed by atoms with Crippen molar-refractivity contribution in [2.24, 2.45) is 0 Å². The second kappa shape index (κ2) is 8.14. The van der Waals surface area contributed by atoms with E-state index in [1.807, 2.05) is 13.0 Å². The van der Waals surface area contributed by atoms with Crippen molar-refractivity contribution in [1.82, 2.24) is 14.9 Å². The molecule has 1 aromatic rings. The molecule has 1 fully saturated rings. The SMILES string of the molecule is CCOc1cc(NCCCN(C)C)nc(C2CCCO2)n1. The van der Waals surface area contributed by atoms with Crippen molar-refractivity contribution in [1.29, 1.82) is 0 Å². The summed E-state index contributed by atoms with van der Waals surface area (Å²) in [5.74, 6) is 2.17. The molecule has 1 aromatic heterocycles. The first-order chi connectivity index (χ1) is 10.2. The van der Waals surface area contributed by atoms with Gasteiger partial charge in [0.1, 0.15) is 11.9 Å². The zero-order chi connectivity index (χ0) is 15.1. The van der Waals surface area contributed by atoms with Gasteiger partial charge in [-0.2, -0.15) is 4.98 Å². The van der Waals surface area contributed by atoms with Crippen molar-refractivity contribution in [3.63, 3.8) is 0 Å². The third-order valence-corrected chi connectivity index (χ3v) is 3.32. The number of nitrogens with one attached hydrogen (secondary N) is 1. The Hall–Kier alpha value is -1.40. The number of anilines is 1. The minimum atomic E-state index is 0.00716. The van der Waals surface area contributed by atoms with Gasteiger partial charge in [0.05, 0.1) is 6.61 Å². The fraction of sp³-hybridized carbons (Fsp3) is 0.733. The average molecular weight is 294 g/mol. The highest BCUT2D eigenvalue weighted by Crippen LogP contribution is 2.28. The predicted octanol–water partition coefficient (Wildman–Crippen LogP) is 2.09. The molecule has 6 nitrogen and oxygen atoms in total. The largest absolute Gasteiger partial charge is 0.478 e. The molecule has 0 saturated carbocycles. The van der Waals surface area contributed by atoms with Crippen molar-refractivity contribution in [3.05, 3.63) is 11.9 Å². The Labute approximate surface area is 126 Å². The van der Waals surface area contributed by atoms with Gasteiger partial charge in [0.25, 0.3) is 0 Å². The van der Waals surface area contributed by atoms with Gasteiger partial charge in [-0.25, -0.2) is 4.98 Å². The number of hydrogen-bond acceptors (Lipinski definition) is 6. The highest BCUT2D eigenvalue weighted by molar-refractivity contribution is 5.38. The normalized spacial score (nSPS) is 18.2. The van der Waals surface area contributed by atoms with E-state index in [-0.39, 0.29) is 6.10 Å². The Kier molecular flexibility index (Phi) is 6.20. The summed E-state index contributed by atoms with van der Waals surface area (Å²) < 4.78 is 11.2. The Morgan fingerprint density at radius 3 is 2.95 bits per heavy atom. The molecular weight excluding hydrogens is 268 g/mol. The maximum absolute atomic E-state index is 5.67. The molecule has 0 spiro atoms. The summed E-state index contributed by atoms with van der Waals surface area (Å²) in [6.45, 7) is 5.28. The summed E-state index contributed by atoms with van der Waals surface area (Å²) in [6, 6.07) is 1.86. The molecule has 0 aromatic carbocycles. The molecule has 1 saturated heterocycles. The van der Waals surface area contributed by atoms with Crippen molar-refractivity contribution >= 4 is 5.82 Å². The van der Waals surface area contributed by atoms with Gasteiger partial charge in [-0.3, -0.25) is 0 Å². The van der Waals surface area contributed by atoms with Crippen LogP contribution in [0.3, 0.4) is 0 Å². The van der Waals surface area contributed by atoms with Gasteiger partial charge in [-0.1, -0.05) is 0 Å². The highest BCUT2D eigenvalue weighted by Gasteiger charge is 2.22. The van der Waals surface area contributed by atoms with Crippen LogP contribution < -0.4 is 10.1 Å². The first-order valence-electron chi connectivity index (χ1n) is 7.71. The summed E-state index contributed by atoms with van der Waals surface area (Å²) >= 11 is 0. The van der Waals surface area contributed by atoms with E-state index in [2.05, 4.69) is 34.3 Å². The first-order valence-corrected chi connectivity index (χ1v) is 7.71. The summed E-state index contributed by atoms with van der Waals surface area (Å²) in [7, 11) is 4.15. The maximum atomic E-state index is 5.67. The molecule has 0 amide bonds. The van der Waals surface area contributed by atoms with Crippen molar-refractivity contribution in [2.75, 3.05) is 45.7 Å². The molecule has 6 heteroatoms. The van der Waals surface area contributed by atoms with Crippen molar-refractivity contribution in [3.8, 4) is 5.88 Å². The van der Waals surface area contributed by atoms with Crippen LogP contribution in [0, 0.1) is 0 Å². The van der Waals surface area contributed by atoms with E-state index >= 15 is 0 Å². The van der Waals surface area contributed by atoms with Gasteiger partial charge in [0.15, 0.2) is 5.82 Å². The number of nitrogens with zero attached hydrogens (tertiary/aromatic N) is 3. The van der Waals surface area contributed by atoms with Crippen LogP contribution in [0.15, 0.2) is 6.07 Å². The van der Waals surface area contributed by atoms with Gasteiger partial charge in [-0.05, 0) is 46.8 Å². The van der Waals surface area contributed by atoms with Crippen molar-refractivity contribution in [2.45, 2.75) is 32.3 Å². The van der Waals surface area contributed by atoms with Crippen LogP contribution in [0.2, 0.25) is 0 Å². The predicted molar refractivity (Wildman–Crippen MR) is 82.8 cm³/mol. The zero-order valence-electron chi connectivity index (χ0n) is 13.3. The topological polar surface area (TPSA) is 59.5 Å². The van der Waals surface area contributed by atoms with E-state index in [9.17, 15) is 0 Å². The van der Waals surface area contributed by atoms with Crippen molar-refractivity contribution < 1.29 is 9.47 Å². The molecule has 1 unspecified atom stereocenters. The van der Waals surface area contributed by atoms with Gasteiger partial charge < -0.3 is 19.7 Å². The highest BCUT2D eigenvalue weighted by atomic mass is 16.5. The lowest BCUT2D eigenvalue weighted by molar-refractivity contribution is 0.104. The third-order valence-electron chi connectivity index (χ3n) is 3.32. The van der Waals surface area contributed by atoms with Gasteiger partial charge >= 0.3 is 0 Å². The molecule has 0 aliphatic carbocycles. The minimum absolute atomic E-state index is 0.00716.